The first-order chi connectivity index (χ1) is 8.75. The van der Waals surface area contributed by atoms with E-state index in [1.54, 1.807) is 18.5 Å². The van der Waals surface area contributed by atoms with Crippen molar-refractivity contribution in [1.82, 2.24) is 14.9 Å². The van der Waals surface area contributed by atoms with Gasteiger partial charge in [-0.2, -0.15) is 0 Å². The fourth-order valence-electron chi connectivity index (χ4n) is 2.17. The molecule has 1 N–H and O–H groups in total. The minimum atomic E-state index is -0.247. The number of nitrogens with zero attached hydrogens (tertiary/aromatic N) is 2. The van der Waals surface area contributed by atoms with Crippen molar-refractivity contribution in [2.75, 3.05) is 0 Å². The molecule has 18 heavy (non-hydrogen) atoms. The highest BCUT2D eigenvalue weighted by Gasteiger charge is 2.29. The fraction of sp³-hybridized carbons (Fsp3) is 0.154. The van der Waals surface area contributed by atoms with Crippen molar-refractivity contribution in [2.24, 2.45) is 0 Å². The van der Waals surface area contributed by atoms with Gasteiger partial charge in [-0.05, 0) is 11.6 Å². The summed E-state index contributed by atoms with van der Waals surface area (Å²) in [6.45, 7) is 0. The molecule has 1 aliphatic heterocycles. The van der Waals surface area contributed by atoms with Crippen LogP contribution in [0.25, 0.3) is 0 Å². The van der Waals surface area contributed by atoms with E-state index in [1.807, 2.05) is 18.2 Å². The van der Waals surface area contributed by atoms with Gasteiger partial charge in [-0.3, -0.25) is 14.2 Å². The SMILES string of the molecule is O=C1N[C@H](CC(=O)n2ccnc2)c2ccccc21. The molecule has 0 spiro atoms. The minimum absolute atomic E-state index is 0.0884. The molecule has 0 unspecified atom stereocenters. The van der Waals surface area contributed by atoms with Gasteiger partial charge >= 0.3 is 0 Å². The highest BCUT2D eigenvalue weighted by atomic mass is 16.2. The molecule has 2 aromatic rings. The standard InChI is InChI=1S/C13H11N3O2/c17-12(16-6-5-14-8-16)7-11-9-3-1-2-4-10(9)13(18)15-11/h1-6,8,11H,7H2,(H,15,18)/t11-/m1/s1. The highest BCUT2D eigenvalue weighted by Crippen LogP contribution is 2.27. The van der Waals surface area contributed by atoms with E-state index in [4.69, 9.17) is 0 Å². The second kappa shape index (κ2) is 4.10. The van der Waals surface area contributed by atoms with Crippen LogP contribution in [0.4, 0.5) is 0 Å². The van der Waals surface area contributed by atoms with Gasteiger partial charge < -0.3 is 5.32 Å². The molecular weight excluding hydrogens is 230 g/mol. The highest BCUT2D eigenvalue weighted by molar-refractivity contribution is 5.99. The van der Waals surface area contributed by atoms with Gasteiger partial charge in [-0.25, -0.2) is 4.98 Å². The number of hydrogen-bond donors (Lipinski definition) is 1. The summed E-state index contributed by atoms with van der Waals surface area (Å²) in [7, 11) is 0. The smallest absolute Gasteiger partial charge is 0.252 e. The van der Waals surface area contributed by atoms with Crippen molar-refractivity contribution in [2.45, 2.75) is 12.5 Å². The largest absolute Gasteiger partial charge is 0.345 e. The number of carbonyl (C=O) groups is 2. The fourth-order valence-corrected chi connectivity index (χ4v) is 2.17. The molecule has 5 nitrogen and oxygen atoms in total. The van der Waals surface area contributed by atoms with Crippen molar-refractivity contribution in [1.29, 1.82) is 0 Å². The second-order valence-electron chi connectivity index (χ2n) is 4.18. The topological polar surface area (TPSA) is 64.0 Å². The first kappa shape index (κ1) is 10.7. The number of imidazole rings is 1. The lowest BCUT2D eigenvalue weighted by Crippen LogP contribution is -2.23. The van der Waals surface area contributed by atoms with E-state index >= 15 is 0 Å². The molecule has 90 valence electrons. The van der Waals surface area contributed by atoms with E-state index < -0.39 is 0 Å². The van der Waals surface area contributed by atoms with Gasteiger partial charge in [0, 0.05) is 18.0 Å². The summed E-state index contributed by atoms with van der Waals surface area (Å²) in [6.07, 6.45) is 4.86. The first-order valence-corrected chi connectivity index (χ1v) is 5.66. The van der Waals surface area contributed by atoms with Gasteiger partial charge in [0.25, 0.3) is 5.91 Å². The number of carbonyl (C=O) groups excluding carboxylic acids is 2. The molecule has 3 rings (SSSR count). The van der Waals surface area contributed by atoms with Crippen LogP contribution < -0.4 is 5.32 Å². The van der Waals surface area contributed by atoms with Gasteiger partial charge in [-0.1, -0.05) is 18.2 Å². The van der Waals surface area contributed by atoms with Gasteiger partial charge in [0.05, 0.1) is 12.5 Å². The first-order valence-electron chi connectivity index (χ1n) is 5.66. The maximum Gasteiger partial charge on any atom is 0.252 e. The minimum Gasteiger partial charge on any atom is -0.345 e. The van der Waals surface area contributed by atoms with Crippen LogP contribution in [0.5, 0.6) is 0 Å². The average Bonchev–Trinajstić information content (AvgIpc) is 3.00. The molecule has 1 aromatic carbocycles. The maximum atomic E-state index is 11.9. The molecule has 0 radical (unpaired) electrons. The molecule has 5 heteroatoms. The van der Waals surface area contributed by atoms with E-state index in [1.165, 1.54) is 10.9 Å². The molecular formula is C13H11N3O2. The normalized spacial score (nSPS) is 17.3. The quantitative estimate of drug-likeness (QED) is 0.864. The van der Waals surface area contributed by atoms with Crippen LogP contribution in [0.15, 0.2) is 43.0 Å². The van der Waals surface area contributed by atoms with Gasteiger partial charge in [-0.15, -0.1) is 0 Å². The Morgan fingerprint density at radius 3 is 3.00 bits per heavy atom. The maximum absolute atomic E-state index is 11.9. The molecule has 0 saturated heterocycles. The van der Waals surface area contributed by atoms with Crippen molar-refractivity contribution < 1.29 is 9.59 Å². The number of nitrogens with one attached hydrogen (secondary N) is 1. The lowest BCUT2D eigenvalue weighted by molar-refractivity contribution is 0.0878. The predicted molar refractivity (Wildman–Crippen MR) is 64.1 cm³/mol. The summed E-state index contributed by atoms with van der Waals surface area (Å²) in [5.74, 6) is -0.205. The Morgan fingerprint density at radius 2 is 2.22 bits per heavy atom. The molecule has 0 saturated carbocycles. The van der Waals surface area contributed by atoms with Crippen LogP contribution in [-0.2, 0) is 0 Å². The molecule has 1 aromatic heterocycles. The van der Waals surface area contributed by atoms with E-state index in [2.05, 4.69) is 10.3 Å². The summed E-state index contributed by atoms with van der Waals surface area (Å²) in [5, 5.41) is 2.82. The third-order valence-electron chi connectivity index (χ3n) is 3.06. The molecule has 1 atom stereocenters. The Kier molecular flexibility index (Phi) is 2.44. The number of rotatable bonds is 2. The van der Waals surface area contributed by atoms with E-state index in [0.29, 0.717) is 5.56 Å². The number of benzene rings is 1. The summed E-state index contributed by atoms with van der Waals surface area (Å²) >= 11 is 0. The second-order valence-corrected chi connectivity index (χ2v) is 4.18. The van der Waals surface area contributed by atoms with Crippen LogP contribution in [0, 0.1) is 0 Å². The van der Waals surface area contributed by atoms with E-state index in [9.17, 15) is 9.59 Å². The number of fused-ring (bicyclic) bond motifs is 1. The van der Waals surface area contributed by atoms with Gasteiger partial charge in [0.15, 0.2) is 0 Å². The third-order valence-corrected chi connectivity index (χ3v) is 3.06. The van der Waals surface area contributed by atoms with E-state index in [-0.39, 0.29) is 24.3 Å². The Hall–Kier alpha value is -2.43. The molecule has 1 aliphatic rings. The van der Waals surface area contributed by atoms with Crippen molar-refractivity contribution in [3.05, 3.63) is 54.1 Å². The van der Waals surface area contributed by atoms with Gasteiger partial charge in [0.1, 0.15) is 6.33 Å². The van der Waals surface area contributed by atoms with Crippen LogP contribution >= 0.6 is 0 Å². The van der Waals surface area contributed by atoms with Crippen LogP contribution in [-0.4, -0.2) is 21.4 Å². The van der Waals surface area contributed by atoms with Crippen molar-refractivity contribution in [3.63, 3.8) is 0 Å². The summed E-state index contributed by atoms with van der Waals surface area (Å²) in [4.78, 5) is 27.5. The Bertz CT molecular complexity index is 604. The Morgan fingerprint density at radius 1 is 1.39 bits per heavy atom. The zero-order valence-electron chi connectivity index (χ0n) is 9.54. The molecule has 0 fully saturated rings. The summed E-state index contributed by atoms with van der Waals surface area (Å²) in [6, 6.07) is 7.08. The lowest BCUT2D eigenvalue weighted by Gasteiger charge is -2.10. The zero-order chi connectivity index (χ0) is 12.5. The summed E-state index contributed by atoms with van der Waals surface area (Å²) in [5.41, 5.74) is 1.54. The average molecular weight is 241 g/mol. The molecule has 2 heterocycles. The number of aromatic nitrogens is 2. The monoisotopic (exact) mass is 241 g/mol. The Balaban J connectivity index is 1.84. The van der Waals surface area contributed by atoms with Crippen LogP contribution in [0.1, 0.15) is 33.2 Å². The van der Waals surface area contributed by atoms with Crippen LogP contribution in [0.2, 0.25) is 0 Å². The third kappa shape index (κ3) is 1.69. The van der Waals surface area contributed by atoms with Crippen LogP contribution in [0.3, 0.4) is 0 Å². The van der Waals surface area contributed by atoms with E-state index in [0.717, 1.165) is 5.56 Å². The van der Waals surface area contributed by atoms with Crippen molar-refractivity contribution >= 4 is 11.8 Å². The number of amides is 1. The Labute approximate surface area is 103 Å². The predicted octanol–water partition coefficient (Wildman–Crippen LogP) is 1.40. The molecule has 1 amide bonds. The molecule has 0 aliphatic carbocycles. The zero-order valence-corrected chi connectivity index (χ0v) is 9.54. The summed E-state index contributed by atoms with van der Waals surface area (Å²) < 4.78 is 1.42. The van der Waals surface area contributed by atoms with Crippen molar-refractivity contribution in [3.8, 4) is 0 Å². The number of hydrogen-bond acceptors (Lipinski definition) is 3. The van der Waals surface area contributed by atoms with Gasteiger partial charge in [0.2, 0.25) is 5.91 Å². The molecule has 0 bridgehead atoms. The lowest BCUT2D eigenvalue weighted by atomic mass is 10.0.